The summed E-state index contributed by atoms with van der Waals surface area (Å²) in [5.41, 5.74) is 16.8. The van der Waals surface area contributed by atoms with Gasteiger partial charge in [-0.05, 0) is 105 Å². The number of carboxylic acids is 1. The fourth-order valence-corrected chi connectivity index (χ4v) is 5.37. The minimum Gasteiger partial charge on any atom is -0.481 e. The first-order chi connectivity index (χ1) is 18.1. The Morgan fingerprint density at radius 2 is 1.42 bits per heavy atom. The van der Waals surface area contributed by atoms with Gasteiger partial charge in [0.2, 0.25) is 0 Å². The molecule has 0 saturated carbocycles. The lowest BCUT2D eigenvalue weighted by molar-refractivity contribution is -0.136. The van der Waals surface area contributed by atoms with Gasteiger partial charge in [0.25, 0.3) is 0 Å². The van der Waals surface area contributed by atoms with Crippen LogP contribution < -0.4 is 0 Å². The van der Waals surface area contributed by atoms with Gasteiger partial charge in [0.05, 0.1) is 11.4 Å². The maximum Gasteiger partial charge on any atom is 0.303 e. The Labute approximate surface area is 225 Å². The molecule has 0 aromatic carbocycles. The normalized spacial score (nSPS) is 14.6. The van der Waals surface area contributed by atoms with Gasteiger partial charge in [0.1, 0.15) is 0 Å². The SMILES string of the molecule is CCC(=O)O.CCc1c(C)c2cc3[nH]c(cc4nc(c(C)c5nc(cc1[nH]2)C(C)=C5)CC4C)c(C)c3CC. The maximum absolute atomic E-state index is 9.37. The fraction of sp³-hybridized carbons (Fsp3) is 0.406. The Balaban J connectivity index is 0.000000617. The molecule has 2 aliphatic heterocycles. The van der Waals surface area contributed by atoms with Crippen molar-refractivity contribution in [3.63, 3.8) is 0 Å². The summed E-state index contributed by atoms with van der Waals surface area (Å²) < 4.78 is 0. The van der Waals surface area contributed by atoms with E-state index < -0.39 is 5.97 Å². The molecule has 0 aliphatic carbocycles. The van der Waals surface area contributed by atoms with E-state index in [9.17, 15) is 4.79 Å². The van der Waals surface area contributed by atoms with E-state index in [1.54, 1.807) is 6.92 Å². The van der Waals surface area contributed by atoms with Crippen LogP contribution in [-0.4, -0.2) is 31.0 Å². The van der Waals surface area contributed by atoms with Gasteiger partial charge in [0.15, 0.2) is 0 Å². The van der Waals surface area contributed by atoms with Crippen LogP contribution in [0.15, 0.2) is 18.2 Å². The van der Waals surface area contributed by atoms with Crippen molar-refractivity contribution in [3.05, 3.63) is 68.8 Å². The first kappa shape index (κ1) is 27.4. The second-order valence-electron chi connectivity index (χ2n) is 10.4. The standard InChI is InChI=1S/C29H34N4.C3H6O2/c1-8-20-18(6)27-14-29-21(9-2)17(5)26(32-29)12-22-15(3)10-24(30-22)19(7)25-11-16(4)23(31-25)13-28(20)33-27;1-2-3(4)5/h11-15,32-33H,8-10H2,1-7H3;2H2,1H3,(H,4,5). The van der Waals surface area contributed by atoms with Crippen LogP contribution in [-0.2, 0) is 24.1 Å². The van der Waals surface area contributed by atoms with Gasteiger partial charge in [-0.25, -0.2) is 4.98 Å². The van der Waals surface area contributed by atoms with Crippen molar-refractivity contribution in [2.45, 2.75) is 87.0 Å². The topological polar surface area (TPSA) is 94.7 Å². The highest BCUT2D eigenvalue weighted by Crippen LogP contribution is 2.31. The van der Waals surface area contributed by atoms with Crippen molar-refractivity contribution in [1.29, 1.82) is 0 Å². The van der Waals surface area contributed by atoms with E-state index in [2.05, 4.69) is 82.7 Å². The predicted octanol–water partition coefficient (Wildman–Crippen LogP) is 7.75. The Kier molecular flexibility index (Phi) is 7.91. The molecule has 8 bridgehead atoms. The Morgan fingerprint density at radius 1 is 0.868 bits per heavy atom. The van der Waals surface area contributed by atoms with E-state index >= 15 is 0 Å². The molecule has 0 spiro atoms. The van der Waals surface area contributed by atoms with E-state index in [1.165, 1.54) is 49.9 Å². The van der Waals surface area contributed by atoms with Gasteiger partial charge >= 0.3 is 5.97 Å². The molecule has 3 N–H and O–H groups in total. The highest BCUT2D eigenvalue weighted by molar-refractivity contribution is 5.85. The minimum absolute atomic E-state index is 0.222. The summed E-state index contributed by atoms with van der Waals surface area (Å²) in [6.07, 6.45) is 5.36. The van der Waals surface area contributed by atoms with Crippen LogP contribution >= 0.6 is 0 Å². The zero-order chi connectivity index (χ0) is 27.7. The number of nitrogens with one attached hydrogen (secondary N) is 2. The molecule has 0 fully saturated rings. The summed E-state index contributed by atoms with van der Waals surface area (Å²) in [5.74, 6) is -0.349. The summed E-state index contributed by atoms with van der Waals surface area (Å²) in [6, 6.07) is 6.76. The summed E-state index contributed by atoms with van der Waals surface area (Å²) in [4.78, 5) is 26.9. The number of rotatable bonds is 3. The van der Waals surface area contributed by atoms with Crippen LogP contribution in [0.25, 0.3) is 33.7 Å². The lowest BCUT2D eigenvalue weighted by Gasteiger charge is -2.00. The van der Waals surface area contributed by atoms with Gasteiger partial charge in [-0.1, -0.05) is 27.7 Å². The first-order valence-electron chi connectivity index (χ1n) is 13.7. The number of hydrogen-bond donors (Lipinski definition) is 3. The second-order valence-corrected chi connectivity index (χ2v) is 10.4. The fourth-order valence-electron chi connectivity index (χ4n) is 5.37. The number of aromatic amines is 2. The zero-order valence-electron chi connectivity index (χ0n) is 24.0. The average molecular weight is 513 g/mol. The minimum atomic E-state index is -0.745. The molecular formula is C32H40N4O2. The third-order valence-corrected chi connectivity index (χ3v) is 7.86. The van der Waals surface area contributed by atoms with Crippen LogP contribution in [0.1, 0.15) is 97.6 Å². The van der Waals surface area contributed by atoms with Gasteiger partial charge in [-0.15, -0.1) is 0 Å². The van der Waals surface area contributed by atoms with Crippen LogP contribution in [0, 0.1) is 20.8 Å². The summed E-state index contributed by atoms with van der Waals surface area (Å²) in [6.45, 7) is 17.1. The number of hydrogen-bond acceptors (Lipinski definition) is 3. The lowest BCUT2D eigenvalue weighted by atomic mass is 10.0. The molecule has 3 aromatic rings. The Bertz CT molecular complexity index is 1590. The summed E-state index contributed by atoms with van der Waals surface area (Å²) in [7, 11) is 0. The number of nitrogens with zero attached hydrogens (tertiary/aromatic N) is 2. The molecule has 5 rings (SSSR count). The number of allylic oxidation sites excluding steroid dienone is 1. The lowest BCUT2D eigenvalue weighted by Crippen LogP contribution is -1.91. The maximum atomic E-state index is 9.37. The molecule has 6 nitrogen and oxygen atoms in total. The quantitative estimate of drug-likeness (QED) is 0.334. The third kappa shape index (κ3) is 5.17. The molecule has 0 saturated heterocycles. The van der Waals surface area contributed by atoms with Crippen molar-refractivity contribution >= 4 is 39.7 Å². The van der Waals surface area contributed by atoms with E-state index in [1.807, 2.05) is 0 Å². The summed E-state index contributed by atoms with van der Waals surface area (Å²) in [5, 5.41) is 7.72. The molecule has 38 heavy (non-hydrogen) atoms. The molecule has 200 valence electrons. The third-order valence-electron chi connectivity index (χ3n) is 7.86. The van der Waals surface area contributed by atoms with Crippen molar-refractivity contribution < 1.29 is 9.90 Å². The van der Waals surface area contributed by atoms with Crippen LogP contribution in [0.4, 0.5) is 0 Å². The highest BCUT2D eigenvalue weighted by Gasteiger charge is 2.20. The largest absolute Gasteiger partial charge is 0.481 e. The summed E-state index contributed by atoms with van der Waals surface area (Å²) >= 11 is 0. The molecule has 3 aromatic heterocycles. The van der Waals surface area contributed by atoms with E-state index in [-0.39, 0.29) is 6.42 Å². The number of aryl methyl sites for hydroxylation is 4. The molecule has 0 amide bonds. The predicted molar refractivity (Wildman–Crippen MR) is 158 cm³/mol. The second kappa shape index (κ2) is 11.0. The monoisotopic (exact) mass is 512 g/mol. The number of carbonyl (C=O) groups is 1. The number of aliphatic carboxylic acids is 1. The van der Waals surface area contributed by atoms with Crippen LogP contribution in [0.2, 0.25) is 0 Å². The molecule has 6 heteroatoms. The Morgan fingerprint density at radius 3 is 1.97 bits per heavy atom. The van der Waals surface area contributed by atoms with Gasteiger partial charge in [-0.3, -0.25) is 9.78 Å². The van der Waals surface area contributed by atoms with Crippen LogP contribution in [0.3, 0.4) is 0 Å². The molecular weight excluding hydrogens is 472 g/mol. The molecule has 1 unspecified atom stereocenters. The van der Waals surface area contributed by atoms with Crippen molar-refractivity contribution in [1.82, 2.24) is 19.9 Å². The van der Waals surface area contributed by atoms with Crippen LogP contribution in [0.5, 0.6) is 0 Å². The van der Waals surface area contributed by atoms with Gasteiger partial charge in [-0.2, -0.15) is 0 Å². The number of carboxylic acid groups (broad SMARTS) is 1. The number of fused-ring (bicyclic) bond motifs is 8. The molecule has 1 atom stereocenters. The molecule has 0 radical (unpaired) electrons. The first-order valence-corrected chi connectivity index (χ1v) is 13.7. The van der Waals surface area contributed by atoms with Crippen molar-refractivity contribution in [2.75, 3.05) is 0 Å². The number of H-pyrrole nitrogens is 2. The van der Waals surface area contributed by atoms with E-state index in [0.29, 0.717) is 5.92 Å². The average Bonchev–Trinajstić information content (AvgIpc) is 3.60. The zero-order valence-corrected chi connectivity index (χ0v) is 24.0. The highest BCUT2D eigenvalue weighted by atomic mass is 16.4. The molecule has 5 heterocycles. The van der Waals surface area contributed by atoms with Crippen molar-refractivity contribution in [3.8, 4) is 0 Å². The van der Waals surface area contributed by atoms with Gasteiger partial charge in [0, 0.05) is 45.8 Å². The van der Waals surface area contributed by atoms with E-state index in [0.717, 1.165) is 47.6 Å². The van der Waals surface area contributed by atoms with Gasteiger partial charge < -0.3 is 15.1 Å². The van der Waals surface area contributed by atoms with E-state index in [4.69, 9.17) is 15.1 Å². The molecule has 2 aliphatic rings. The Hall–Kier alpha value is -3.67. The van der Waals surface area contributed by atoms with Crippen molar-refractivity contribution in [2.24, 2.45) is 0 Å². The smallest absolute Gasteiger partial charge is 0.303 e. The number of aromatic nitrogens is 4.